The summed E-state index contributed by atoms with van der Waals surface area (Å²) >= 11 is 0. The molecule has 0 aromatic heterocycles. The number of likely N-dealkylation sites (N-methyl/N-ethyl adjacent to an activating group) is 1. The van der Waals surface area contributed by atoms with Gasteiger partial charge in [-0.05, 0) is 32.2 Å². The van der Waals surface area contributed by atoms with Gasteiger partial charge in [-0.1, -0.05) is 20.8 Å². The van der Waals surface area contributed by atoms with Crippen LogP contribution in [0.4, 0.5) is 0 Å². The van der Waals surface area contributed by atoms with Crippen molar-refractivity contribution in [3.05, 3.63) is 0 Å². The summed E-state index contributed by atoms with van der Waals surface area (Å²) < 4.78 is 44.4. The summed E-state index contributed by atoms with van der Waals surface area (Å²) in [7, 11) is 2.37. The van der Waals surface area contributed by atoms with E-state index < -0.39 is 8.32 Å². The van der Waals surface area contributed by atoms with Crippen molar-refractivity contribution in [2.75, 3.05) is 120 Å². The fraction of sp³-hybridized carbons (Fsp3) is 1.00. The molecule has 0 fully saturated rings. The van der Waals surface area contributed by atoms with Gasteiger partial charge in [-0.25, -0.2) is 0 Å². The topological polar surface area (TPSA) is 77.1 Å². The van der Waals surface area contributed by atoms with Gasteiger partial charge in [0.2, 0.25) is 0 Å². The molecule has 10 heteroatoms. The molecule has 0 aliphatic rings. The Kier molecular flexibility index (Phi) is 22.0. The highest BCUT2D eigenvalue weighted by Gasteiger charge is 2.36. The van der Waals surface area contributed by atoms with Gasteiger partial charge in [-0.2, -0.15) is 0 Å². The molecule has 206 valence electrons. The molecule has 0 spiro atoms. The number of hydrogen-bond acceptors (Lipinski definition) is 9. The van der Waals surface area contributed by atoms with Crippen molar-refractivity contribution in [3.63, 3.8) is 0 Å². The molecular formula is C24H53NO8Si. The standard InChI is InChI=1S/C24H53NO8Si/c1-24(2,3)34(6,7)33-23-22-32-21-20-31-19-18-30-17-16-29-15-14-28-13-12-27-11-10-26-9-8-25(4)5/h8-23H2,1-7H3. The lowest BCUT2D eigenvalue weighted by molar-refractivity contribution is -0.0215. The monoisotopic (exact) mass is 511 g/mol. The van der Waals surface area contributed by atoms with Crippen LogP contribution >= 0.6 is 0 Å². The summed E-state index contributed by atoms with van der Waals surface area (Å²) in [5.74, 6) is 0. The summed E-state index contributed by atoms with van der Waals surface area (Å²) in [6.45, 7) is 20.8. The normalized spacial score (nSPS) is 12.7. The Morgan fingerprint density at radius 1 is 0.471 bits per heavy atom. The Labute approximate surface area is 209 Å². The van der Waals surface area contributed by atoms with Gasteiger partial charge in [0, 0.05) is 6.54 Å². The molecule has 0 aliphatic heterocycles. The molecule has 9 nitrogen and oxygen atoms in total. The first-order chi connectivity index (χ1) is 16.2. The smallest absolute Gasteiger partial charge is 0.192 e. The van der Waals surface area contributed by atoms with Crippen LogP contribution in [0.3, 0.4) is 0 Å². The molecule has 0 aliphatic carbocycles. The van der Waals surface area contributed by atoms with Crippen LogP contribution in [0.1, 0.15) is 20.8 Å². The summed E-state index contributed by atoms with van der Waals surface area (Å²) in [6.07, 6.45) is 0. The molecule has 0 aromatic carbocycles. The van der Waals surface area contributed by atoms with E-state index in [-0.39, 0.29) is 5.04 Å². The second kappa shape index (κ2) is 22.1. The quantitative estimate of drug-likeness (QED) is 0.136. The lowest BCUT2D eigenvalue weighted by Gasteiger charge is -2.36. The van der Waals surface area contributed by atoms with E-state index in [1.54, 1.807) is 0 Å². The molecule has 0 unspecified atom stereocenters. The van der Waals surface area contributed by atoms with Crippen LogP contribution < -0.4 is 0 Å². The predicted octanol–water partition coefficient (Wildman–Crippen LogP) is 2.69. The minimum Gasteiger partial charge on any atom is -0.414 e. The van der Waals surface area contributed by atoms with E-state index in [1.807, 2.05) is 14.1 Å². The molecule has 0 aromatic rings. The van der Waals surface area contributed by atoms with Crippen molar-refractivity contribution in [2.24, 2.45) is 0 Å². The Morgan fingerprint density at radius 3 is 1.00 bits per heavy atom. The Morgan fingerprint density at radius 2 is 0.735 bits per heavy atom. The van der Waals surface area contributed by atoms with Gasteiger partial charge in [0.15, 0.2) is 8.32 Å². The Balaban J connectivity index is 3.16. The van der Waals surface area contributed by atoms with Crippen LogP contribution in [0.2, 0.25) is 18.1 Å². The first-order valence-corrected chi connectivity index (χ1v) is 15.4. The van der Waals surface area contributed by atoms with Crippen LogP contribution in [0.25, 0.3) is 0 Å². The third-order valence-corrected chi connectivity index (χ3v) is 9.95. The zero-order valence-corrected chi connectivity index (χ0v) is 24.0. The highest BCUT2D eigenvalue weighted by Crippen LogP contribution is 2.36. The molecule has 0 N–H and O–H groups in total. The molecule has 0 amide bonds. The average molecular weight is 512 g/mol. The molecule has 0 atom stereocenters. The minimum absolute atomic E-state index is 0.228. The Bertz CT molecular complexity index is 436. The average Bonchev–Trinajstić information content (AvgIpc) is 2.75. The van der Waals surface area contributed by atoms with Crippen molar-refractivity contribution < 1.29 is 37.6 Å². The molecule has 0 heterocycles. The summed E-state index contributed by atoms with van der Waals surface area (Å²) in [5, 5.41) is 0.228. The van der Waals surface area contributed by atoms with E-state index in [0.717, 1.165) is 13.2 Å². The highest BCUT2D eigenvalue weighted by molar-refractivity contribution is 6.74. The number of hydrogen-bond donors (Lipinski definition) is 0. The lowest BCUT2D eigenvalue weighted by Crippen LogP contribution is -2.41. The van der Waals surface area contributed by atoms with Gasteiger partial charge in [0.05, 0.1) is 99.1 Å². The zero-order chi connectivity index (χ0) is 25.5. The van der Waals surface area contributed by atoms with Crippen LogP contribution in [0.5, 0.6) is 0 Å². The number of rotatable bonds is 25. The largest absolute Gasteiger partial charge is 0.414 e. The van der Waals surface area contributed by atoms with E-state index in [1.165, 1.54) is 0 Å². The molecule has 0 saturated heterocycles. The van der Waals surface area contributed by atoms with Crippen molar-refractivity contribution in [3.8, 4) is 0 Å². The molecule has 34 heavy (non-hydrogen) atoms. The minimum atomic E-state index is -1.68. The van der Waals surface area contributed by atoms with Crippen LogP contribution in [0, 0.1) is 0 Å². The van der Waals surface area contributed by atoms with E-state index in [0.29, 0.717) is 92.5 Å². The van der Waals surface area contributed by atoms with Gasteiger partial charge < -0.3 is 42.5 Å². The maximum atomic E-state index is 6.07. The van der Waals surface area contributed by atoms with Gasteiger partial charge in [-0.15, -0.1) is 0 Å². The zero-order valence-electron chi connectivity index (χ0n) is 23.0. The van der Waals surface area contributed by atoms with E-state index >= 15 is 0 Å². The molecule has 0 radical (unpaired) electrons. The number of ether oxygens (including phenoxy) is 7. The lowest BCUT2D eigenvalue weighted by atomic mass is 10.2. The van der Waals surface area contributed by atoms with E-state index in [2.05, 4.69) is 38.8 Å². The van der Waals surface area contributed by atoms with Crippen molar-refractivity contribution >= 4 is 8.32 Å². The first kappa shape index (κ1) is 33.9. The summed E-state index contributed by atoms with van der Waals surface area (Å²) in [5.41, 5.74) is 0. The second-order valence-corrected chi connectivity index (χ2v) is 14.5. The highest BCUT2D eigenvalue weighted by atomic mass is 28.4. The van der Waals surface area contributed by atoms with Crippen LogP contribution in [-0.4, -0.2) is 133 Å². The maximum Gasteiger partial charge on any atom is 0.192 e. The van der Waals surface area contributed by atoms with Crippen molar-refractivity contribution in [1.29, 1.82) is 0 Å². The third-order valence-electron chi connectivity index (χ3n) is 5.41. The molecular weight excluding hydrogens is 458 g/mol. The van der Waals surface area contributed by atoms with Crippen LogP contribution in [-0.2, 0) is 37.6 Å². The molecule has 0 rings (SSSR count). The van der Waals surface area contributed by atoms with E-state index in [9.17, 15) is 0 Å². The van der Waals surface area contributed by atoms with Crippen LogP contribution in [0.15, 0.2) is 0 Å². The fourth-order valence-electron chi connectivity index (χ4n) is 2.24. The second-order valence-electron chi connectivity index (χ2n) is 9.70. The Hall–Kier alpha value is -0.143. The van der Waals surface area contributed by atoms with Crippen molar-refractivity contribution in [1.82, 2.24) is 4.90 Å². The maximum absolute atomic E-state index is 6.07. The summed E-state index contributed by atoms with van der Waals surface area (Å²) in [4.78, 5) is 2.09. The van der Waals surface area contributed by atoms with E-state index in [4.69, 9.17) is 37.6 Å². The van der Waals surface area contributed by atoms with Crippen molar-refractivity contribution in [2.45, 2.75) is 38.9 Å². The van der Waals surface area contributed by atoms with Gasteiger partial charge >= 0.3 is 0 Å². The predicted molar refractivity (Wildman–Crippen MR) is 137 cm³/mol. The first-order valence-electron chi connectivity index (χ1n) is 12.5. The summed E-state index contributed by atoms with van der Waals surface area (Å²) in [6, 6.07) is 0. The third kappa shape index (κ3) is 22.3. The van der Waals surface area contributed by atoms with Gasteiger partial charge in [-0.3, -0.25) is 0 Å². The SMILES string of the molecule is CN(C)CCOCCOCCOCCOCCOCCOCCOCCO[Si](C)(C)C(C)(C)C. The fourth-order valence-corrected chi connectivity index (χ4v) is 3.27. The van der Waals surface area contributed by atoms with Gasteiger partial charge in [0.25, 0.3) is 0 Å². The molecule has 0 bridgehead atoms. The number of nitrogens with zero attached hydrogens (tertiary/aromatic N) is 1. The molecule has 0 saturated carbocycles. The van der Waals surface area contributed by atoms with Gasteiger partial charge in [0.1, 0.15) is 0 Å².